The normalized spacial score (nSPS) is 19.2. The highest BCUT2D eigenvalue weighted by atomic mass is 32.2. The van der Waals surface area contributed by atoms with Crippen LogP contribution in [-0.2, 0) is 14.6 Å². The number of hydrogen-bond acceptors (Lipinski definition) is 5. The van der Waals surface area contributed by atoms with E-state index in [1.54, 1.807) is 0 Å². The zero-order valence-electron chi connectivity index (χ0n) is 14.3. The number of sulfone groups is 1. The van der Waals surface area contributed by atoms with Gasteiger partial charge in [-0.25, -0.2) is 8.42 Å². The second-order valence-electron chi connectivity index (χ2n) is 6.10. The summed E-state index contributed by atoms with van der Waals surface area (Å²) < 4.78 is 22.8. The van der Waals surface area contributed by atoms with Crippen LogP contribution < -0.4 is 10.2 Å². The van der Waals surface area contributed by atoms with Crippen LogP contribution in [0.4, 0.5) is 5.69 Å². The van der Waals surface area contributed by atoms with Crippen LogP contribution in [0.15, 0.2) is 24.3 Å². The number of aryl methyl sites for hydroxylation is 1. The van der Waals surface area contributed by atoms with Gasteiger partial charge >= 0.3 is 0 Å². The van der Waals surface area contributed by atoms with Crippen molar-refractivity contribution >= 4 is 33.2 Å². The zero-order valence-corrected chi connectivity index (χ0v) is 16.0. The van der Waals surface area contributed by atoms with E-state index in [0.717, 1.165) is 18.8 Å². The van der Waals surface area contributed by atoms with E-state index in [4.69, 9.17) is 0 Å². The molecule has 7 heteroatoms. The van der Waals surface area contributed by atoms with Gasteiger partial charge in [-0.2, -0.15) is 0 Å². The average Bonchev–Trinajstić information content (AvgIpc) is 2.89. The molecule has 0 aromatic heterocycles. The first-order valence-corrected chi connectivity index (χ1v) is 11.2. The molecule has 1 unspecified atom stereocenters. The monoisotopic (exact) mass is 370 g/mol. The van der Waals surface area contributed by atoms with Crippen LogP contribution >= 0.6 is 11.8 Å². The van der Waals surface area contributed by atoms with E-state index in [-0.39, 0.29) is 22.7 Å². The van der Waals surface area contributed by atoms with Gasteiger partial charge in [0.1, 0.15) is 0 Å². The van der Waals surface area contributed by atoms with Gasteiger partial charge in [0.2, 0.25) is 5.91 Å². The largest absolute Gasteiger partial charge is 0.370 e. The van der Waals surface area contributed by atoms with Crippen molar-refractivity contribution in [2.45, 2.75) is 25.5 Å². The number of amides is 1. The highest BCUT2D eigenvalue weighted by molar-refractivity contribution is 8.02. The predicted octanol–water partition coefficient (Wildman–Crippen LogP) is 1.86. The smallest absolute Gasteiger partial charge is 0.230 e. The minimum absolute atomic E-state index is 0.0235. The number of nitrogens with one attached hydrogen (secondary N) is 1. The molecular formula is C17H26N2O3S2. The van der Waals surface area contributed by atoms with Gasteiger partial charge in [0.15, 0.2) is 9.84 Å². The Bertz CT molecular complexity index is 662. The van der Waals surface area contributed by atoms with Gasteiger partial charge in [-0.15, -0.1) is 11.8 Å². The van der Waals surface area contributed by atoms with E-state index in [1.807, 2.05) is 6.07 Å². The Labute approximate surface area is 149 Å². The SMILES string of the molecule is CCN(CCNC(=O)CSC1CCS(=O)(=O)C1)c1cccc(C)c1. The fraction of sp³-hybridized carbons (Fsp3) is 0.588. The molecule has 0 radical (unpaired) electrons. The Morgan fingerprint density at radius 2 is 2.21 bits per heavy atom. The molecule has 1 N–H and O–H groups in total. The summed E-state index contributed by atoms with van der Waals surface area (Å²) in [5.41, 5.74) is 2.38. The molecule has 0 bridgehead atoms. The lowest BCUT2D eigenvalue weighted by atomic mass is 10.2. The highest BCUT2D eigenvalue weighted by Crippen LogP contribution is 2.23. The Balaban J connectivity index is 1.70. The van der Waals surface area contributed by atoms with Crippen LogP contribution in [0.1, 0.15) is 18.9 Å². The second-order valence-corrected chi connectivity index (χ2v) is 9.62. The molecule has 1 atom stereocenters. The second kappa shape index (κ2) is 8.76. The molecule has 1 fully saturated rings. The third-order valence-corrected chi connectivity index (χ3v) is 7.37. The van der Waals surface area contributed by atoms with E-state index in [2.05, 4.69) is 42.3 Å². The Morgan fingerprint density at radius 1 is 1.42 bits per heavy atom. The molecule has 134 valence electrons. The van der Waals surface area contributed by atoms with E-state index in [9.17, 15) is 13.2 Å². The first-order valence-electron chi connectivity index (χ1n) is 8.30. The molecule has 1 aliphatic rings. The third kappa shape index (κ3) is 6.02. The van der Waals surface area contributed by atoms with Crippen LogP contribution in [-0.4, -0.2) is 56.5 Å². The fourth-order valence-electron chi connectivity index (χ4n) is 2.76. The summed E-state index contributed by atoms with van der Waals surface area (Å²) in [5.74, 6) is 0.775. The van der Waals surface area contributed by atoms with Gasteiger partial charge in [-0.05, 0) is 38.0 Å². The van der Waals surface area contributed by atoms with Crippen molar-refractivity contribution in [3.05, 3.63) is 29.8 Å². The molecule has 1 aromatic carbocycles. The van der Waals surface area contributed by atoms with Crippen LogP contribution in [0.25, 0.3) is 0 Å². The standard InChI is InChI=1S/C17H26N2O3S2/c1-3-19(15-6-4-5-14(2)11-15)9-8-18-17(20)12-23-16-7-10-24(21,22)13-16/h4-6,11,16H,3,7-10,12-13H2,1-2H3,(H,18,20). The van der Waals surface area contributed by atoms with Gasteiger partial charge < -0.3 is 10.2 Å². The lowest BCUT2D eigenvalue weighted by molar-refractivity contribution is -0.118. The summed E-state index contributed by atoms with van der Waals surface area (Å²) in [6.45, 7) is 6.40. The molecule has 24 heavy (non-hydrogen) atoms. The minimum atomic E-state index is -2.87. The van der Waals surface area contributed by atoms with E-state index in [0.29, 0.717) is 18.7 Å². The molecule has 1 aliphatic heterocycles. The predicted molar refractivity (Wildman–Crippen MR) is 102 cm³/mol. The Kier molecular flexibility index (Phi) is 6.98. The number of anilines is 1. The number of carbonyl (C=O) groups is 1. The summed E-state index contributed by atoms with van der Waals surface area (Å²) in [5, 5.41) is 3.00. The summed E-state index contributed by atoms with van der Waals surface area (Å²) >= 11 is 1.45. The van der Waals surface area contributed by atoms with Crippen LogP contribution in [0.2, 0.25) is 0 Å². The Morgan fingerprint density at radius 3 is 2.83 bits per heavy atom. The topological polar surface area (TPSA) is 66.5 Å². The number of benzene rings is 1. The summed E-state index contributed by atoms with van der Waals surface area (Å²) in [6.07, 6.45) is 0.664. The highest BCUT2D eigenvalue weighted by Gasteiger charge is 2.28. The van der Waals surface area contributed by atoms with Crippen molar-refractivity contribution in [2.24, 2.45) is 0 Å². The number of thioether (sulfide) groups is 1. The molecule has 0 saturated carbocycles. The number of nitrogens with zero attached hydrogens (tertiary/aromatic N) is 1. The van der Waals surface area contributed by atoms with E-state index < -0.39 is 9.84 Å². The van der Waals surface area contributed by atoms with Crippen LogP contribution in [0, 0.1) is 6.92 Å². The quantitative estimate of drug-likeness (QED) is 0.757. The van der Waals surface area contributed by atoms with Crippen molar-refractivity contribution in [1.29, 1.82) is 0 Å². The summed E-state index contributed by atoms with van der Waals surface area (Å²) in [7, 11) is -2.87. The van der Waals surface area contributed by atoms with Gasteiger partial charge in [0.25, 0.3) is 0 Å². The molecule has 1 aromatic rings. The maximum atomic E-state index is 11.9. The number of hydrogen-bond donors (Lipinski definition) is 1. The van der Waals surface area contributed by atoms with Gasteiger partial charge in [0.05, 0.1) is 17.3 Å². The molecule has 1 heterocycles. The van der Waals surface area contributed by atoms with E-state index >= 15 is 0 Å². The summed E-state index contributed by atoms with van der Waals surface area (Å²) in [6, 6.07) is 8.33. The molecule has 2 rings (SSSR count). The van der Waals surface area contributed by atoms with Gasteiger partial charge in [-0.3, -0.25) is 4.79 Å². The molecule has 0 aliphatic carbocycles. The molecule has 5 nitrogen and oxygen atoms in total. The maximum Gasteiger partial charge on any atom is 0.230 e. The first kappa shape index (κ1) is 19.1. The lowest BCUT2D eigenvalue weighted by Crippen LogP contribution is -2.36. The molecule has 1 saturated heterocycles. The zero-order chi connectivity index (χ0) is 17.6. The van der Waals surface area contributed by atoms with Crippen molar-refractivity contribution < 1.29 is 13.2 Å². The van der Waals surface area contributed by atoms with Crippen LogP contribution in [0.3, 0.4) is 0 Å². The van der Waals surface area contributed by atoms with Gasteiger partial charge in [-0.1, -0.05) is 12.1 Å². The van der Waals surface area contributed by atoms with E-state index in [1.165, 1.54) is 17.3 Å². The average molecular weight is 371 g/mol. The molecule has 1 amide bonds. The minimum Gasteiger partial charge on any atom is -0.370 e. The van der Waals surface area contributed by atoms with Crippen molar-refractivity contribution in [3.63, 3.8) is 0 Å². The Hall–Kier alpha value is -1.21. The number of likely N-dealkylation sites (N-methyl/N-ethyl adjacent to an activating group) is 1. The number of rotatable bonds is 8. The van der Waals surface area contributed by atoms with Crippen molar-refractivity contribution in [1.82, 2.24) is 5.32 Å². The van der Waals surface area contributed by atoms with Crippen molar-refractivity contribution in [2.75, 3.05) is 41.8 Å². The molecular weight excluding hydrogens is 344 g/mol. The van der Waals surface area contributed by atoms with Crippen molar-refractivity contribution in [3.8, 4) is 0 Å². The first-order chi connectivity index (χ1) is 11.4. The number of carbonyl (C=O) groups excluding carboxylic acids is 1. The van der Waals surface area contributed by atoms with Crippen LogP contribution in [0.5, 0.6) is 0 Å². The lowest BCUT2D eigenvalue weighted by Gasteiger charge is -2.23. The van der Waals surface area contributed by atoms with Gasteiger partial charge in [0, 0.05) is 30.6 Å². The third-order valence-electron chi connectivity index (χ3n) is 4.09. The summed E-state index contributed by atoms with van der Waals surface area (Å²) in [4.78, 5) is 14.1. The maximum absolute atomic E-state index is 11.9. The molecule has 0 spiro atoms. The fourth-order valence-corrected chi connectivity index (χ4v) is 6.23.